The lowest BCUT2D eigenvalue weighted by Crippen LogP contribution is -2.09. The van der Waals surface area contributed by atoms with E-state index in [1.165, 1.54) is 21.9 Å². The summed E-state index contributed by atoms with van der Waals surface area (Å²) >= 11 is 0. The molecule has 1 atom stereocenters. The van der Waals surface area contributed by atoms with Crippen LogP contribution in [0.5, 0.6) is 5.75 Å². The van der Waals surface area contributed by atoms with Crippen molar-refractivity contribution in [1.29, 1.82) is 0 Å². The van der Waals surface area contributed by atoms with Crippen LogP contribution in [0.2, 0.25) is 0 Å². The van der Waals surface area contributed by atoms with E-state index in [9.17, 15) is 0 Å². The predicted octanol–water partition coefficient (Wildman–Crippen LogP) is 12.3. The van der Waals surface area contributed by atoms with Crippen LogP contribution >= 0.6 is 0 Å². The minimum absolute atomic E-state index is 0.195. The summed E-state index contributed by atoms with van der Waals surface area (Å²) in [4.78, 5) is 2.31. The molecule has 0 aromatic heterocycles. The van der Waals surface area contributed by atoms with Gasteiger partial charge in [-0.2, -0.15) is 0 Å². The molecule has 1 aliphatic heterocycles. The quantitative estimate of drug-likeness (QED) is 0.201. The summed E-state index contributed by atoms with van der Waals surface area (Å²) in [7, 11) is 0. The number of para-hydroxylation sites is 1. The van der Waals surface area contributed by atoms with Gasteiger partial charge in [-0.05, 0) is 86.9 Å². The van der Waals surface area contributed by atoms with Gasteiger partial charge in [0.2, 0.25) is 0 Å². The van der Waals surface area contributed by atoms with Gasteiger partial charge in [0.25, 0.3) is 0 Å². The van der Waals surface area contributed by atoms with Crippen LogP contribution in [0.4, 0.5) is 22.7 Å². The Kier molecular flexibility index (Phi) is 6.87. The van der Waals surface area contributed by atoms with E-state index in [0.717, 1.165) is 56.0 Å². The number of rotatable bonds is 6. The Hall–Kier alpha value is -6.32. The maximum absolute atomic E-state index is 6.49. The molecule has 1 unspecified atom stereocenters. The molecule has 228 valence electrons. The van der Waals surface area contributed by atoms with Gasteiger partial charge in [-0.3, -0.25) is 0 Å². The molecule has 1 heterocycles. The zero-order valence-corrected chi connectivity index (χ0v) is 26.3. The Labute approximate surface area is 280 Å². The van der Waals surface area contributed by atoms with Crippen molar-refractivity contribution < 1.29 is 4.74 Å². The molecule has 0 saturated heterocycles. The molecule has 48 heavy (non-hydrogen) atoms. The van der Waals surface area contributed by atoms with Gasteiger partial charge >= 0.3 is 0 Å². The van der Waals surface area contributed by atoms with Gasteiger partial charge in [0, 0.05) is 28.0 Å². The van der Waals surface area contributed by atoms with Crippen molar-refractivity contribution in [1.82, 2.24) is 0 Å². The van der Waals surface area contributed by atoms with E-state index >= 15 is 0 Å². The summed E-state index contributed by atoms with van der Waals surface area (Å²) < 4.78 is 6.49. The molecule has 0 saturated carbocycles. The molecule has 0 aliphatic carbocycles. The van der Waals surface area contributed by atoms with E-state index in [1.54, 1.807) is 0 Å². The molecule has 8 aromatic rings. The molecule has 0 bridgehead atoms. The van der Waals surface area contributed by atoms with Crippen molar-refractivity contribution in [3.05, 3.63) is 188 Å². The lowest BCUT2D eigenvalue weighted by Gasteiger charge is -2.26. The first-order valence-electron chi connectivity index (χ1n) is 16.4. The maximum atomic E-state index is 6.49. The first-order valence-corrected chi connectivity index (χ1v) is 16.4. The van der Waals surface area contributed by atoms with Gasteiger partial charge in [0.05, 0.1) is 5.69 Å². The molecular weight excluding hydrogens is 585 g/mol. The molecule has 9 rings (SSSR count). The van der Waals surface area contributed by atoms with E-state index < -0.39 is 0 Å². The lowest BCUT2D eigenvalue weighted by atomic mass is 9.98. The highest BCUT2D eigenvalue weighted by Gasteiger charge is 2.25. The van der Waals surface area contributed by atoms with Gasteiger partial charge in [0.15, 0.2) is 12.0 Å². The standard InChI is InChI=1S/C45H32N2O/c1-3-11-35(12-4-1)45-46-43-29-24-34-18-19-36(30-42(34)44(43)48-45)31-20-25-38(26-21-31)47(37-14-5-2-6-15-37)39-27-22-33(23-28-39)41-17-9-13-32-10-7-8-16-40(32)41/h1-30,45-46H. The number of ether oxygens (including phenoxy) is 1. The number of nitrogens with one attached hydrogen (secondary N) is 1. The molecule has 0 amide bonds. The number of fused-ring (bicyclic) bond motifs is 4. The van der Waals surface area contributed by atoms with E-state index in [-0.39, 0.29) is 6.23 Å². The smallest absolute Gasteiger partial charge is 0.196 e. The van der Waals surface area contributed by atoms with E-state index in [0.29, 0.717) is 0 Å². The monoisotopic (exact) mass is 616 g/mol. The van der Waals surface area contributed by atoms with Crippen LogP contribution in [0.15, 0.2) is 182 Å². The van der Waals surface area contributed by atoms with Gasteiger partial charge in [0.1, 0.15) is 0 Å². The first kappa shape index (κ1) is 27.9. The van der Waals surface area contributed by atoms with Crippen LogP contribution in [0.1, 0.15) is 11.8 Å². The molecule has 8 aromatic carbocycles. The Bertz CT molecular complexity index is 2380. The maximum Gasteiger partial charge on any atom is 0.196 e. The van der Waals surface area contributed by atoms with Crippen LogP contribution < -0.4 is 15.0 Å². The van der Waals surface area contributed by atoms with Crippen LogP contribution in [-0.4, -0.2) is 0 Å². The van der Waals surface area contributed by atoms with Crippen LogP contribution in [0.25, 0.3) is 43.8 Å². The van der Waals surface area contributed by atoms with Crippen molar-refractivity contribution in [3.8, 4) is 28.0 Å². The van der Waals surface area contributed by atoms with Crippen LogP contribution in [-0.2, 0) is 0 Å². The molecule has 1 aliphatic rings. The summed E-state index contributed by atoms with van der Waals surface area (Å²) in [5.41, 5.74) is 10.2. The fourth-order valence-electron chi connectivity index (χ4n) is 6.87. The SMILES string of the molecule is c1ccc(C2Nc3ccc4ccc(-c5ccc(N(c6ccccc6)c6ccc(-c7cccc8ccccc78)cc6)cc5)cc4c3O2)cc1. The highest BCUT2D eigenvalue weighted by molar-refractivity contribution is 5.98. The van der Waals surface area contributed by atoms with E-state index in [1.807, 2.05) is 18.2 Å². The Morgan fingerprint density at radius 2 is 1.02 bits per heavy atom. The van der Waals surface area contributed by atoms with Gasteiger partial charge in [-0.25, -0.2) is 0 Å². The number of nitrogens with zero attached hydrogens (tertiary/aromatic N) is 1. The topological polar surface area (TPSA) is 24.5 Å². The number of anilines is 4. The second kappa shape index (κ2) is 11.8. The van der Waals surface area contributed by atoms with Crippen molar-refractivity contribution >= 4 is 44.3 Å². The number of benzene rings is 8. The van der Waals surface area contributed by atoms with E-state index in [4.69, 9.17) is 4.74 Å². The zero-order chi connectivity index (χ0) is 31.9. The Balaban J connectivity index is 1.05. The molecule has 1 N–H and O–H groups in total. The Morgan fingerprint density at radius 3 is 1.79 bits per heavy atom. The average molecular weight is 617 g/mol. The third-order valence-electron chi connectivity index (χ3n) is 9.30. The molecular formula is C45H32N2O. The van der Waals surface area contributed by atoms with Gasteiger partial charge in [-0.15, -0.1) is 0 Å². The summed E-state index contributed by atoms with van der Waals surface area (Å²) in [5.74, 6) is 0.905. The summed E-state index contributed by atoms with van der Waals surface area (Å²) in [6, 6.07) is 64.6. The van der Waals surface area contributed by atoms with Crippen molar-refractivity contribution in [2.24, 2.45) is 0 Å². The minimum atomic E-state index is -0.195. The van der Waals surface area contributed by atoms with Crippen molar-refractivity contribution in [3.63, 3.8) is 0 Å². The third kappa shape index (κ3) is 5.03. The normalized spacial score (nSPS) is 13.5. The van der Waals surface area contributed by atoms with Crippen LogP contribution in [0.3, 0.4) is 0 Å². The Morgan fingerprint density at radius 1 is 0.438 bits per heavy atom. The molecule has 0 radical (unpaired) electrons. The number of hydrogen-bond acceptors (Lipinski definition) is 3. The lowest BCUT2D eigenvalue weighted by molar-refractivity contribution is 0.262. The fraction of sp³-hybridized carbons (Fsp3) is 0.0222. The van der Waals surface area contributed by atoms with Gasteiger partial charge in [-0.1, -0.05) is 133 Å². The first-order chi connectivity index (χ1) is 23.8. The number of hydrogen-bond donors (Lipinski definition) is 1. The third-order valence-corrected chi connectivity index (χ3v) is 9.30. The fourth-order valence-corrected chi connectivity index (χ4v) is 6.87. The van der Waals surface area contributed by atoms with Crippen molar-refractivity contribution in [2.75, 3.05) is 10.2 Å². The zero-order valence-electron chi connectivity index (χ0n) is 26.3. The molecule has 0 spiro atoms. The average Bonchev–Trinajstić information content (AvgIpc) is 3.61. The largest absolute Gasteiger partial charge is 0.464 e. The molecule has 0 fully saturated rings. The highest BCUT2D eigenvalue weighted by atomic mass is 16.5. The summed E-state index contributed by atoms with van der Waals surface area (Å²) in [6.45, 7) is 0. The second-order valence-corrected chi connectivity index (χ2v) is 12.2. The summed E-state index contributed by atoms with van der Waals surface area (Å²) in [5, 5.41) is 8.33. The minimum Gasteiger partial charge on any atom is -0.464 e. The highest BCUT2D eigenvalue weighted by Crippen LogP contribution is 2.44. The van der Waals surface area contributed by atoms with Crippen molar-refractivity contribution in [2.45, 2.75) is 6.23 Å². The molecule has 3 nitrogen and oxygen atoms in total. The summed E-state index contributed by atoms with van der Waals surface area (Å²) in [6.07, 6.45) is -0.195. The van der Waals surface area contributed by atoms with Gasteiger partial charge < -0.3 is 15.0 Å². The van der Waals surface area contributed by atoms with Crippen LogP contribution in [0, 0.1) is 0 Å². The molecule has 3 heteroatoms. The van der Waals surface area contributed by atoms with E-state index in [2.05, 4.69) is 174 Å². The predicted molar refractivity (Wildman–Crippen MR) is 200 cm³/mol. The second-order valence-electron chi connectivity index (χ2n) is 12.2.